The number of esters is 1. The lowest BCUT2D eigenvalue weighted by atomic mass is 9.89. The second-order valence-corrected chi connectivity index (χ2v) is 6.33. The van der Waals surface area contributed by atoms with E-state index < -0.39 is 21.2 Å². The van der Waals surface area contributed by atoms with Gasteiger partial charge in [-0.25, -0.2) is 8.42 Å². The van der Waals surface area contributed by atoms with Crippen LogP contribution in [0.15, 0.2) is 0 Å². The van der Waals surface area contributed by atoms with E-state index in [9.17, 15) is 18.0 Å². The highest BCUT2D eigenvalue weighted by Gasteiger charge is 2.36. The SMILES string of the molecule is CC(=O)OC(C1CCCC(=O)C1)S(C)(=O)=O. The Kier molecular flexibility index (Phi) is 4.07. The van der Waals surface area contributed by atoms with Crippen LogP contribution in [0.25, 0.3) is 0 Å². The van der Waals surface area contributed by atoms with Crippen LogP contribution in [-0.2, 0) is 24.2 Å². The smallest absolute Gasteiger partial charge is 0.303 e. The summed E-state index contributed by atoms with van der Waals surface area (Å²) in [5.74, 6) is -0.981. The minimum absolute atomic E-state index is 0.0389. The largest absolute Gasteiger partial charge is 0.446 e. The molecule has 2 unspecified atom stereocenters. The first kappa shape index (κ1) is 13.2. The number of carbonyl (C=O) groups is 2. The number of carbonyl (C=O) groups excluding carboxylic acids is 2. The van der Waals surface area contributed by atoms with E-state index in [0.717, 1.165) is 6.26 Å². The van der Waals surface area contributed by atoms with Gasteiger partial charge in [0.2, 0.25) is 5.44 Å². The lowest BCUT2D eigenvalue weighted by molar-refractivity contribution is -0.146. The van der Waals surface area contributed by atoms with Gasteiger partial charge in [-0.15, -0.1) is 0 Å². The third kappa shape index (κ3) is 3.59. The average molecular weight is 248 g/mol. The van der Waals surface area contributed by atoms with E-state index in [0.29, 0.717) is 19.3 Å². The summed E-state index contributed by atoms with van der Waals surface area (Å²) in [6, 6.07) is 0. The summed E-state index contributed by atoms with van der Waals surface area (Å²) in [6.45, 7) is 1.17. The maximum Gasteiger partial charge on any atom is 0.303 e. The Hall–Kier alpha value is -0.910. The molecule has 0 aromatic heterocycles. The zero-order valence-electron chi connectivity index (χ0n) is 9.43. The number of ketones is 1. The molecule has 0 N–H and O–H groups in total. The molecule has 0 spiro atoms. The quantitative estimate of drug-likeness (QED) is 0.686. The molecule has 16 heavy (non-hydrogen) atoms. The van der Waals surface area contributed by atoms with Crippen LogP contribution in [0.1, 0.15) is 32.6 Å². The summed E-state index contributed by atoms with van der Waals surface area (Å²) in [5, 5.41) is 0. The Bertz CT molecular complexity index is 384. The summed E-state index contributed by atoms with van der Waals surface area (Å²) in [5.41, 5.74) is -1.17. The van der Waals surface area contributed by atoms with E-state index in [1.54, 1.807) is 0 Å². The molecule has 0 aliphatic heterocycles. The van der Waals surface area contributed by atoms with Crippen LogP contribution in [0, 0.1) is 5.92 Å². The van der Waals surface area contributed by atoms with Gasteiger partial charge in [0.1, 0.15) is 5.78 Å². The lowest BCUT2D eigenvalue weighted by Gasteiger charge is -2.27. The van der Waals surface area contributed by atoms with Crippen LogP contribution in [0.2, 0.25) is 0 Å². The summed E-state index contributed by atoms with van der Waals surface area (Å²) in [6.07, 6.45) is 2.98. The number of hydrogen-bond donors (Lipinski definition) is 0. The molecule has 5 nitrogen and oxygen atoms in total. The van der Waals surface area contributed by atoms with Gasteiger partial charge in [0, 0.05) is 31.9 Å². The molecule has 1 rings (SSSR count). The van der Waals surface area contributed by atoms with Crippen molar-refractivity contribution < 1.29 is 22.7 Å². The monoisotopic (exact) mass is 248 g/mol. The van der Waals surface area contributed by atoms with Crippen molar-refractivity contribution in [1.29, 1.82) is 0 Å². The molecule has 0 aromatic carbocycles. The van der Waals surface area contributed by atoms with Crippen molar-refractivity contribution >= 4 is 21.6 Å². The van der Waals surface area contributed by atoms with Crippen LogP contribution < -0.4 is 0 Å². The van der Waals surface area contributed by atoms with Gasteiger partial charge in [0.15, 0.2) is 9.84 Å². The molecular formula is C10H16O5S. The number of hydrogen-bond acceptors (Lipinski definition) is 5. The zero-order valence-corrected chi connectivity index (χ0v) is 10.2. The number of Topliss-reactive ketones (excluding diaryl/α,β-unsaturated/α-hetero) is 1. The molecule has 0 heterocycles. The number of sulfone groups is 1. The van der Waals surface area contributed by atoms with Crippen molar-refractivity contribution in [1.82, 2.24) is 0 Å². The minimum Gasteiger partial charge on any atom is -0.446 e. The molecule has 0 bridgehead atoms. The lowest BCUT2D eigenvalue weighted by Crippen LogP contribution is -2.36. The summed E-state index contributed by atoms with van der Waals surface area (Å²) in [4.78, 5) is 22.1. The molecule has 1 aliphatic carbocycles. The molecule has 0 radical (unpaired) electrons. The van der Waals surface area contributed by atoms with E-state index in [4.69, 9.17) is 4.74 Å². The van der Waals surface area contributed by atoms with Gasteiger partial charge < -0.3 is 4.74 Å². The van der Waals surface area contributed by atoms with E-state index >= 15 is 0 Å². The van der Waals surface area contributed by atoms with Gasteiger partial charge >= 0.3 is 5.97 Å². The first-order valence-corrected chi connectivity index (χ1v) is 7.14. The highest BCUT2D eigenvalue weighted by molar-refractivity contribution is 7.91. The second-order valence-electron chi connectivity index (χ2n) is 4.20. The topological polar surface area (TPSA) is 77.5 Å². The summed E-state index contributed by atoms with van der Waals surface area (Å²) < 4.78 is 27.8. The molecule has 2 atom stereocenters. The van der Waals surface area contributed by atoms with Gasteiger partial charge in [0.25, 0.3) is 0 Å². The fourth-order valence-corrected chi connectivity index (χ4v) is 3.23. The highest BCUT2D eigenvalue weighted by Crippen LogP contribution is 2.28. The maximum absolute atomic E-state index is 11.5. The van der Waals surface area contributed by atoms with Gasteiger partial charge in [-0.1, -0.05) is 0 Å². The summed E-state index contributed by atoms with van der Waals surface area (Å²) in [7, 11) is -3.48. The van der Waals surface area contributed by atoms with Crippen molar-refractivity contribution in [3.8, 4) is 0 Å². The van der Waals surface area contributed by atoms with Gasteiger partial charge in [0.05, 0.1) is 0 Å². The molecule has 6 heteroatoms. The average Bonchev–Trinajstić information content (AvgIpc) is 2.12. The van der Waals surface area contributed by atoms with E-state index in [2.05, 4.69) is 0 Å². The van der Waals surface area contributed by atoms with Crippen LogP contribution in [0.5, 0.6) is 0 Å². The second kappa shape index (κ2) is 4.95. The Balaban J connectivity index is 2.83. The van der Waals surface area contributed by atoms with Crippen LogP contribution >= 0.6 is 0 Å². The molecule has 1 fully saturated rings. The van der Waals surface area contributed by atoms with Crippen molar-refractivity contribution in [2.45, 2.75) is 38.0 Å². The molecule has 1 aliphatic rings. The van der Waals surface area contributed by atoms with Crippen LogP contribution in [0.3, 0.4) is 0 Å². The first-order valence-electron chi connectivity index (χ1n) is 5.18. The third-order valence-corrected chi connectivity index (χ3v) is 3.93. The van der Waals surface area contributed by atoms with Gasteiger partial charge in [-0.3, -0.25) is 9.59 Å². The van der Waals surface area contributed by atoms with Crippen molar-refractivity contribution in [2.75, 3.05) is 6.26 Å². The number of ether oxygens (including phenoxy) is 1. The molecule has 1 saturated carbocycles. The molecule has 92 valence electrons. The Labute approximate surface area is 95.1 Å². The van der Waals surface area contributed by atoms with Crippen molar-refractivity contribution in [3.63, 3.8) is 0 Å². The van der Waals surface area contributed by atoms with Crippen LogP contribution in [-0.4, -0.2) is 31.9 Å². The predicted molar refractivity (Wildman–Crippen MR) is 57.4 cm³/mol. The van der Waals surface area contributed by atoms with E-state index in [-0.39, 0.29) is 18.1 Å². The molecule has 0 saturated heterocycles. The Morgan fingerprint density at radius 2 is 2.12 bits per heavy atom. The Morgan fingerprint density at radius 1 is 1.50 bits per heavy atom. The highest BCUT2D eigenvalue weighted by atomic mass is 32.2. The van der Waals surface area contributed by atoms with E-state index in [1.807, 2.05) is 0 Å². The maximum atomic E-state index is 11.5. The van der Waals surface area contributed by atoms with Gasteiger partial charge in [-0.2, -0.15) is 0 Å². The van der Waals surface area contributed by atoms with Crippen molar-refractivity contribution in [3.05, 3.63) is 0 Å². The standard InChI is InChI=1S/C10H16O5S/c1-7(11)15-10(16(2,13)14)8-4-3-5-9(12)6-8/h8,10H,3-6H2,1-2H3. The molecule has 0 aromatic rings. The fraction of sp³-hybridized carbons (Fsp3) is 0.800. The molecular weight excluding hydrogens is 232 g/mol. The predicted octanol–water partition coefficient (Wildman–Crippen LogP) is 0.679. The summed E-state index contributed by atoms with van der Waals surface area (Å²) >= 11 is 0. The first-order chi connectivity index (χ1) is 7.30. The molecule has 0 amide bonds. The minimum atomic E-state index is -3.48. The normalized spacial score (nSPS) is 23.9. The zero-order chi connectivity index (χ0) is 12.3. The van der Waals surface area contributed by atoms with Crippen LogP contribution in [0.4, 0.5) is 0 Å². The Morgan fingerprint density at radius 3 is 2.56 bits per heavy atom. The third-order valence-electron chi connectivity index (χ3n) is 2.61. The van der Waals surface area contributed by atoms with Crippen molar-refractivity contribution in [2.24, 2.45) is 5.92 Å². The van der Waals surface area contributed by atoms with Gasteiger partial charge in [-0.05, 0) is 12.8 Å². The fourth-order valence-electron chi connectivity index (χ4n) is 1.99. The van der Waals surface area contributed by atoms with E-state index in [1.165, 1.54) is 6.92 Å². The number of rotatable bonds is 3.